The second kappa shape index (κ2) is 5.15. The maximum atomic E-state index is 11.6. The van der Waals surface area contributed by atoms with Crippen LogP contribution in [0.4, 0.5) is 0 Å². The Morgan fingerprint density at radius 1 is 1.44 bits per heavy atom. The van der Waals surface area contributed by atoms with E-state index in [2.05, 4.69) is 0 Å². The Labute approximate surface area is 102 Å². The first-order valence-corrected chi connectivity index (χ1v) is 5.56. The number of carbonyl (C=O) groups excluding carboxylic acids is 1. The molecule has 1 aliphatic carbocycles. The van der Waals surface area contributed by atoms with Crippen LogP contribution in [0.1, 0.15) is 49.5 Å². The number of hydrogen-bond acceptors (Lipinski definition) is 2. The minimum Gasteiger partial charge on any atom is -0.494 e. The standard InChI is InChI=1S/C14H18O2/c1-2-16-14-9-5-12(6-10-14)11-3-7-13(15)8-4-11/h5-6,9-11H,2-4,7-8H2,1H3/i3D2,7D2. The second-order valence-corrected chi connectivity index (χ2v) is 3.79. The van der Waals surface area contributed by atoms with Gasteiger partial charge in [-0.1, -0.05) is 12.1 Å². The molecule has 1 aromatic carbocycles. The molecule has 1 aliphatic rings. The predicted octanol–water partition coefficient (Wildman–Crippen LogP) is 3.31. The molecule has 0 spiro atoms. The van der Waals surface area contributed by atoms with Gasteiger partial charge in [0.25, 0.3) is 0 Å². The average molecular weight is 222 g/mol. The van der Waals surface area contributed by atoms with E-state index in [1.807, 2.05) is 6.92 Å². The monoisotopic (exact) mass is 222 g/mol. The highest BCUT2D eigenvalue weighted by molar-refractivity contribution is 5.79. The summed E-state index contributed by atoms with van der Waals surface area (Å²) in [6, 6.07) is 7.00. The first-order chi connectivity index (χ1) is 9.30. The van der Waals surface area contributed by atoms with E-state index in [4.69, 9.17) is 10.2 Å². The van der Waals surface area contributed by atoms with Crippen LogP contribution < -0.4 is 4.74 Å². The summed E-state index contributed by atoms with van der Waals surface area (Å²) in [7, 11) is 0. The Bertz CT molecular complexity index is 496. The largest absolute Gasteiger partial charge is 0.494 e. The Balaban J connectivity index is 2.30. The second-order valence-electron chi connectivity index (χ2n) is 3.79. The molecule has 0 bridgehead atoms. The highest BCUT2D eigenvalue weighted by atomic mass is 16.5. The minimum absolute atomic E-state index is 0.0738. The van der Waals surface area contributed by atoms with Gasteiger partial charge in [-0.15, -0.1) is 0 Å². The summed E-state index contributed by atoms with van der Waals surface area (Å²) in [4.78, 5) is 11.6. The summed E-state index contributed by atoms with van der Waals surface area (Å²) in [5.41, 5.74) is 0.704. The van der Waals surface area contributed by atoms with Gasteiger partial charge in [-0.2, -0.15) is 0 Å². The number of Topliss-reactive ketones (excluding diaryl/α,β-unsaturated/α-hetero) is 1. The molecule has 1 atom stereocenters. The van der Waals surface area contributed by atoms with E-state index in [0.29, 0.717) is 24.3 Å². The van der Waals surface area contributed by atoms with Gasteiger partial charge in [0.15, 0.2) is 0 Å². The molecule has 0 aromatic heterocycles. The molecule has 1 unspecified atom stereocenters. The highest BCUT2D eigenvalue weighted by Crippen LogP contribution is 2.31. The van der Waals surface area contributed by atoms with Crippen molar-refractivity contribution in [1.29, 1.82) is 0 Å². The van der Waals surface area contributed by atoms with E-state index in [1.54, 1.807) is 24.3 Å². The first kappa shape index (κ1) is 7.10. The van der Waals surface area contributed by atoms with Gasteiger partial charge in [-0.3, -0.25) is 4.79 Å². The van der Waals surface area contributed by atoms with E-state index >= 15 is 0 Å². The normalized spacial score (nSPS) is 30.8. The Hall–Kier alpha value is -1.31. The van der Waals surface area contributed by atoms with Crippen LogP contribution in [0.5, 0.6) is 5.75 Å². The fourth-order valence-electron chi connectivity index (χ4n) is 1.79. The van der Waals surface area contributed by atoms with Crippen molar-refractivity contribution in [2.24, 2.45) is 0 Å². The zero-order chi connectivity index (χ0) is 15.0. The smallest absolute Gasteiger partial charge is 0.132 e. The molecule has 0 N–H and O–H groups in total. The summed E-state index contributed by atoms with van der Waals surface area (Å²) < 4.78 is 36.9. The number of carbonyl (C=O) groups is 1. The molecule has 2 rings (SSSR count). The number of rotatable bonds is 3. The van der Waals surface area contributed by atoms with E-state index in [-0.39, 0.29) is 6.42 Å². The zero-order valence-electron chi connectivity index (χ0n) is 13.3. The predicted molar refractivity (Wildman–Crippen MR) is 63.8 cm³/mol. The van der Waals surface area contributed by atoms with Crippen molar-refractivity contribution in [3.8, 4) is 5.75 Å². The van der Waals surface area contributed by atoms with Crippen LogP contribution in [0, 0.1) is 0 Å². The fraction of sp³-hybridized carbons (Fsp3) is 0.500. The van der Waals surface area contributed by atoms with E-state index < -0.39 is 24.4 Å². The molecule has 16 heavy (non-hydrogen) atoms. The Morgan fingerprint density at radius 2 is 2.19 bits per heavy atom. The lowest BCUT2D eigenvalue weighted by Crippen LogP contribution is -2.12. The van der Waals surface area contributed by atoms with E-state index in [9.17, 15) is 4.79 Å². The molecular weight excluding hydrogens is 200 g/mol. The minimum atomic E-state index is -2.44. The van der Waals surface area contributed by atoms with Crippen LogP contribution in [0.25, 0.3) is 0 Å². The van der Waals surface area contributed by atoms with Crippen LogP contribution in [0.15, 0.2) is 24.3 Å². The van der Waals surface area contributed by atoms with E-state index in [1.165, 1.54) is 0 Å². The van der Waals surface area contributed by atoms with Gasteiger partial charge in [-0.25, -0.2) is 0 Å². The first-order valence-electron chi connectivity index (χ1n) is 7.56. The Morgan fingerprint density at radius 3 is 2.88 bits per heavy atom. The molecule has 2 nitrogen and oxygen atoms in total. The quantitative estimate of drug-likeness (QED) is 0.784. The van der Waals surface area contributed by atoms with Crippen LogP contribution in [0.3, 0.4) is 0 Å². The molecule has 0 amide bonds. The lowest BCUT2D eigenvalue weighted by molar-refractivity contribution is -0.120. The van der Waals surface area contributed by atoms with Crippen molar-refractivity contribution in [3.05, 3.63) is 29.8 Å². The van der Waals surface area contributed by atoms with Gasteiger partial charge in [0.2, 0.25) is 0 Å². The molecule has 0 heterocycles. The Kier molecular flexibility index (Phi) is 2.29. The van der Waals surface area contributed by atoms with E-state index in [0.717, 1.165) is 0 Å². The van der Waals surface area contributed by atoms with Crippen molar-refractivity contribution >= 4 is 5.78 Å². The summed E-state index contributed by atoms with van der Waals surface area (Å²) in [6.07, 6.45) is -4.23. The number of ketones is 1. The van der Waals surface area contributed by atoms with Crippen molar-refractivity contribution < 1.29 is 15.0 Å². The molecule has 1 saturated carbocycles. The van der Waals surface area contributed by atoms with Crippen LogP contribution >= 0.6 is 0 Å². The van der Waals surface area contributed by atoms with Crippen molar-refractivity contribution in [3.63, 3.8) is 0 Å². The molecule has 86 valence electrons. The molecule has 1 aromatic rings. The van der Waals surface area contributed by atoms with Gasteiger partial charge in [0.1, 0.15) is 11.5 Å². The average Bonchev–Trinajstić information content (AvgIpc) is 2.39. The number of hydrogen-bond donors (Lipinski definition) is 0. The topological polar surface area (TPSA) is 26.3 Å². The van der Waals surface area contributed by atoms with Gasteiger partial charge >= 0.3 is 0 Å². The van der Waals surface area contributed by atoms with Gasteiger partial charge < -0.3 is 4.74 Å². The molecule has 2 heteroatoms. The van der Waals surface area contributed by atoms with Gasteiger partial charge in [0.05, 0.1) is 6.61 Å². The van der Waals surface area contributed by atoms with Crippen molar-refractivity contribution in [2.75, 3.05) is 6.61 Å². The van der Waals surface area contributed by atoms with Crippen LogP contribution in [0.2, 0.25) is 0 Å². The summed E-state index contributed by atoms with van der Waals surface area (Å²) >= 11 is 0. The summed E-state index contributed by atoms with van der Waals surface area (Å²) in [6.45, 7) is 2.44. The summed E-state index contributed by atoms with van der Waals surface area (Å²) in [5, 5.41) is 0. The van der Waals surface area contributed by atoms with Gasteiger partial charge in [0, 0.05) is 18.3 Å². The van der Waals surface area contributed by atoms with Gasteiger partial charge in [-0.05, 0) is 43.3 Å². The number of benzene rings is 1. The molecule has 0 aliphatic heterocycles. The van der Waals surface area contributed by atoms with Crippen molar-refractivity contribution in [2.45, 2.75) is 38.4 Å². The number of ether oxygens (including phenoxy) is 1. The SMILES string of the molecule is [2H]C1([2H])C(=O)CCC(c2ccc(OCC)cc2)C1([2H])[2H]. The molecule has 0 saturated heterocycles. The van der Waals surface area contributed by atoms with Crippen LogP contribution in [-0.2, 0) is 4.79 Å². The third kappa shape index (κ3) is 2.63. The lowest BCUT2D eigenvalue weighted by atomic mass is 9.83. The van der Waals surface area contributed by atoms with Crippen LogP contribution in [-0.4, -0.2) is 12.4 Å². The molecule has 1 fully saturated rings. The maximum absolute atomic E-state index is 11.6. The lowest BCUT2D eigenvalue weighted by Gasteiger charge is -2.21. The van der Waals surface area contributed by atoms with Crippen molar-refractivity contribution in [1.82, 2.24) is 0 Å². The summed E-state index contributed by atoms with van der Waals surface area (Å²) in [5.74, 6) is -0.567. The maximum Gasteiger partial charge on any atom is 0.132 e. The fourth-order valence-corrected chi connectivity index (χ4v) is 1.79. The third-order valence-corrected chi connectivity index (χ3v) is 2.64. The molecule has 0 radical (unpaired) electrons. The zero-order valence-corrected chi connectivity index (χ0v) is 9.32. The molecular formula is C14H18O2. The third-order valence-electron chi connectivity index (χ3n) is 2.64. The highest BCUT2D eigenvalue weighted by Gasteiger charge is 2.19.